The van der Waals surface area contributed by atoms with Crippen molar-refractivity contribution >= 4 is 35.9 Å². The molecular weight excluding hydrogens is 375 g/mol. The maximum atomic E-state index is 2.66. The van der Waals surface area contributed by atoms with Crippen LogP contribution in [0.4, 0.5) is 0 Å². The Hall–Kier alpha value is 1.05. The predicted octanol–water partition coefficient (Wildman–Crippen LogP) is 4.86. The van der Waals surface area contributed by atoms with E-state index in [9.17, 15) is 0 Å². The van der Waals surface area contributed by atoms with Gasteiger partial charge in [0.15, 0.2) is 0 Å². The standard InChI is InChI=1S/C14H28SeTe/c1-4-7-10-14(16-12-9-6-3)13-15-11-8-5-2/h13H,4-12H2,1-3H3/b14-13+. The summed E-state index contributed by atoms with van der Waals surface area (Å²) in [4.78, 5) is 2.66. The summed E-state index contributed by atoms with van der Waals surface area (Å²) < 4.78 is 3.44. The van der Waals surface area contributed by atoms with Gasteiger partial charge in [-0.05, 0) is 0 Å². The summed E-state index contributed by atoms with van der Waals surface area (Å²) in [5.41, 5.74) is 0. The van der Waals surface area contributed by atoms with Gasteiger partial charge in [0.2, 0.25) is 0 Å². The molecule has 0 rings (SSSR count). The second-order valence-electron chi connectivity index (χ2n) is 4.11. The molecule has 0 aliphatic carbocycles. The van der Waals surface area contributed by atoms with E-state index in [2.05, 4.69) is 25.7 Å². The first-order valence-electron chi connectivity index (χ1n) is 6.78. The minimum atomic E-state index is 0.216. The zero-order valence-electron chi connectivity index (χ0n) is 11.3. The molecule has 96 valence electrons. The number of rotatable bonds is 11. The molecule has 0 fully saturated rings. The topological polar surface area (TPSA) is 0 Å². The molecule has 0 aliphatic heterocycles. The Morgan fingerprint density at radius 2 is 1.69 bits per heavy atom. The van der Waals surface area contributed by atoms with Gasteiger partial charge in [-0.15, -0.1) is 0 Å². The van der Waals surface area contributed by atoms with Gasteiger partial charge in [-0.25, -0.2) is 0 Å². The first-order valence-corrected chi connectivity index (χ1v) is 11.8. The van der Waals surface area contributed by atoms with Crippen LogP contribution in [0.15, 0.2) is 8.60 Å². The SMILES string of the molecule is CCCC[Se]/C=C(\CCCC)[Te]CCCC. The number of hydrogen-bond donors (Lipinski definition) is 0. The molecular formula is C14H28SeTe. The van der Waals surface area contributed by atoms with Gasteiger partial charge in [-0.3, -0.25) is 0 Å². The average molecular weight is 403 g/mol. The summed E-state index contributed by atoms with van der Waals surface area (Å²) in [7, 11) is 0. The molecule has 0 aromatic rings. The average Bonchev–Trinajstić information content (AvgIpc) is 2.31. The van der Waals surface area contributed by atoms with Crippen LogP contribution in [0.3, 0.4) is 0 Å². The van der Waals surface area contributed by atoms with Crippen molar-refractivity contribution in [1.29, 1.82) is 0 Å². The summed E-state index contributed by atoms with van der Waals surface area (Å²) in [6.45, 7) is 6.92. The first-order chi connectivity index (χ1) is 7.85. The van der Waals surface area contributed by atoms with Crippen molar-refractivity contribution in [2.75, 3.05) is 0 Å². The third-order valence-corrected chi connectivity index (χ3v) is 8.87. The minimum absolute atomic E-state index is 0.216. The van der Waals surface area contributed by atoms with Crippen LogP contribution in [-0.2, 0) is 0 Å². The van der Waals surface area contributed by atoms with Gasteiger partial charge in [-0.2, -0.15) is 0 Å². The Labute approximate surface area is 119 Å². The molecule has 0 spiro atoms. The maximum absolute atomic E-state index is 2.66. The van der Waals surface area contributed by atoms with Gasteiger partial charge >= 0.3 is 120 Å². The van der Waals surface area contributed by atoms with Crippen molar-refractivity contribution in [1.82, 2.24) is 0 Å². The zero-order valence-corrected chi connectivity index (χ0v) is 15.3. The van der Waals surface area contributed by atoms with E-state index in [1.54, 1.807) is 4.47 Å². The van der Waals surface area contributed by atoms with Crippen molar-refractivity contribution in [2.24, 2.45) is 0 Å². The molecule has 0 atom stereocenters. The van der Waals surface area contributed by atoms with E-state index in [1.807, 2.05) is 3.62 Å². The quantitative estimate of drug-likeness (QED) is 0.342. The number of allylic oxidation sites excluding steroid dienone is 1. The Bertz CT molecular complexity index is 166. The summed E-state index contributed by atoms with van der Waals surface area (Å²) in [5, 5.41) is 1.47. The Balaban J connectivity index is 3.77. The third-order valence-electron chi connectivity index (χ3n) is 2.39. The zero-order chi connectivity index (χ0) is 12.1. The van der Waals surface area contributed by atoms with E-state index >= 15 is 0 Å². The fraction of sp³-hybridized carbons (Fsp3) is 0.857. The molecule has 0 heterocycles. The summed E-state index contributed by atoms with van der Waals surface area (Å²) >= 11 is 1.03. The van der Waals surface area contributed by atoms with Gasteiger partial charge < -0.3 is 0 Å². The molecule has 0 saturated heterocycles. The van der Waals surface area contributed by atoms with Gasteiger partial charge in [0.1, 0.15) is 0 Å². The molecule has 0 radical (unpaired) electrons. The first kappa shape index (κ1) is 17.0. The van der Waals surface area contributed by atoms with E-state index in [0.717, 1.165) is 15.0 Å². The predicted molar refractivity (Wildman–Crippen MR) is 78.5 cm³/mol. The van der Waals surface area contributed by atoms with Crippen molar-refractivity contribution in [3.8, 4) is 0 Å². The fourth-order valence-corrected chi connectivity index (χ4v) is 8.05. The fourth-order valence-electron chi connectivity index (χ4n) is 1.24. The van der Waals surface area contributed by atoms with Crippen LogP contribution >= 0.6 is 0 Å². The van der Waals surface area contributed by atoms with E-state index in [4.69, 9.17) is 0 Å². The van der Waals surface area contributed by atoms with Crippen molar-refractivity contribution in [3.05, 3.63) is 8.60 Å². The van der Waals surface area contributed by atoms with Crippen molar-refractivity contribution in [2.45, 2.75) is 75.5 Å². The van der Waals surface area contributed by atoms with E-state index in [0.29, 0.717) is 0 Å². The Kier molecular flexibility index (Phi) is 15.0. The van der Waals surface area contributed by atoms with Gasteiger partial charge in [0, 0.05) is 0 Å². The van der Waals surface area contributed by atoms with E-state index < -0.39 is 0 Å². The number of unbranched alkanes of at least 4 members (excludes halogenated alkanes) is 3. The van der Waals surface area contributed by atoms with Crippen LogP contribution in [-0.4, -0.2) is 35.9 Å². The monoisotopic (exact) mass is 406 g/mol. The molecule has 0 N–H and O–H groups in total. The van der Waals surface area contributed by atoms with Gasteiger partial charge in [-0.1, -0.05) is 0 Å². The van der Waals surface area contributed by atoms with Crippen LogP contribution in [0, 0.1) is 0 Å². The van der Waals surface area contributed by atoms with Crippen LogP contribution in [0.2, 0.25) is 9.79 Å². The van der Waals surface area contributed by atoms with E-state index in [-0.39, 0.29) is 20.9 Å². The number of hydrogen-bond acceptors (Lipinski definition) is 0. The molecule has 2 heteroatoms. The van der Waals surface area contributed by atoms with Crippen molar-refractivity contribution < 1.29 is 0 Å². The van der Waals surface area contributed by atoms with Gasteiger partial charge in [0.25, 0.3) is 0 Å². The summed E-state index contributed by atoms with van der Waals surface area (Å²) in [6, 6.07) is 0. The second kappa shape index (κ2) is 14.1. The molecule has 0 nitrogen and oxygen atoms in total. The molecule has 0 aliphatic rings. The van der Waals surface area contributed by atoms with Crippen LogP contribution in [0.5, 0.6) is 0 Å². The summed E-state index contributed by atoms with van der Waals surface area (Å²) in [5.74, 6) is 0. The second-order valence-corrected chi connectivity index (χ2v) is 9.65. The molecule has 0 aromatic carbocycles. The van der Waals surface area contributed by atoms with Crippen LogP contribution < -0.4 is 0 Å². The van der Waals surface area contributed by atoms with Crippen LogP contribution in [0.25, 0.3) is 0 Å². The third kappa shape index (κ3) is 11.5. The Morgan fingerprint density at radius 3 is 2.31 bits per heavy atom. The van der Waals surface area contributed by atoms with Gasteiger partial charge in [0.05, 0.1) is 0 Å². The molecule has 16 heavy (non-hydrogen) atoms. The molecule has 0 bridgehead atoms. The summed E-state index contributed by atoms with van der Waals surface area (Å²) in [6.07, 6.45) is 9.86. The molecule has 0 unspecified atom stereocenters. The van der Waals surface area contributed by atoms with Crippen LogP contribution in [0.1, 0.15) is 65.7 Å². The molecule has 0 saturated carbocycles. The molecule has 0 aromatic heterocycles. The normalized spacial score (nSPS) is 12.1. The van der Waals surface area contributed by atoms with Crippen molar-refractivity contribution in [3.63, 3.8) is 0 Å². The Morgan fingerprint density at radius 1 is 1.00 bits per heavy atom. The van der Waals surface area contributed by atoms with E-state index in [1.165, 1.54) is 50.3 Å². The molecule has 0 amide bonds.